The summed E-state index contributed by atoms with van der Waals surface area (Å²) >= 11 is 1.18. The SMILES string of the molecule is Cc1csc(=O)n1CCC(=O)N1C[C@@H](C)OC[C@@H]1c1ccccc1. The first-order valence-electron chi connectivity index (χ1n) is 8.17. The first-order valence-corrected chi connectivity index (χ1v) is 9.05. The number of carbonyl (C=O) groups excluding carboxylic acids is 1. The van der Waals surface area contributed by atoms with E-state index < -0.39 is 0 Å². The van der Waals surface area contributed by atoms with Gasteiger partial charge in [-0.05, 0) is 19.4 Å². The van der Waals surface area contributed by atoms with Crippen molar-refractivity contribution in [2.75, 3.05) is 13.2 Å². The van der Waals surface area contributed by atoms with Crippen molar-refractivity contribution in [2.24, 2.45) is 0 Å². The van der Waals surface area contributed by atoms with E-state index in [9.17, 15) is 9.59 Å². The molecule has 0 radical (unpaired) electrons. The summed E-state index contributed by atoms with van der Waals surface area (Å²) in [5.41, 5.74) is 1.99. The molecular weight excluding hydrogens is 324 g/mol. The van der Waals surface area contributed by atoms with E-state index in [2.05, 4.69) is 0 Å². The molecule has 128 valence electrons. The van der Waals surface area contributed by atoms with Crippen molar-refractivity contribution in [3.63, 3.8) is 0 Å². The Morgan fingerprint density at radius 3 is 2.75 bits per heavy atom. The van der Waals surface area contributed by atoms with E-state index in [-0.39, 0.29) is 22.9 Å². The number of aromatic nitrogens is 1. The van der Waals surface area contributed by atoms with E-state index in [0.29, 0.717) is 26.1 Å². The molecule has 1 aliphatic rings. The monoisotopic (exact) mass is 346 g/mol. The van der Waals surface area contributed by atoms with Gasteiger partial charge in [-0.3, -0.25) is 9.59 Å². The molecule has 0 N–H and O–H groups in total. The van der Waals surface area contributed by atoms with E-state index >= 15 is 0 Å². The van der Waals surface area contributed by atoms with Crippen molar-refractivity contribution >= 4 is 17.2 Å². The number of aryl methyl sites for hydroxylation is 1. The lowest BCUT2D eigenvalue weighted by Gasteiger charge is -2.39. The van der Waals surface area contributed by atoms with Crippen LogP contribution in [0.4, 0.5) is 0 Å². The molecule has 5 nitrogen and oxygen atoms in total. The van der Waals surface area contributed by atoms with E-state index in [1.165, 1.54) is 11.3 Å². The Balaban J connectivity index is 1.74. The first kappa shape index (κ1) is 16.9. The van der Waals surface area contributed by atoms with Crippen LogP contribution in [0.5, 0.6) is 0 Å². The predicted octanol–water partition coefficient (Wildman–Crippen LogP) is 2.60. The van der Waals surface area contributed by atoms with Gasteiger partial charge in [0, 0.05) is 30.6 Å². The largest absolute Gasteiger partial charge is 0.374 e. The summed E-state index contributed by atoms with van der Waals surface area (Å²) < 4.78 is 7.44. The summed E-state index contributed by atoms with van der Waals surface area (Å²) in [6, 6.07) is 9.91. The molecule has 2 atom stereocenters. The smallest absolute Gasteiger partial charge is 0.307 e. The number of hydrogen-bond acceptors (Lipinski definition) is 4. The lowest BCUT2D eigenvalue weighted by molar-refractivity contribution is -0.144. The maximum absolute atomic E-state index is 12.8. The number of thiazole rings is 1. The van der Waals surface area contributed by atoms with Gasteiger partial charge in [0.2, 0.25) is 5.91 Å². The third-order valence-corrected chi connectivity index (χ3v) is 5.28. The highest BCUT2D eigenvalue weighted by atomic mass is 32.1. The van der Waals surface area contributed by atoms with Crippen LogP contribution in [-0.2, 0) is 16.1 Å². The van der Waals surface area contributed by atoms with E-state index in [0.717, 1.165) is 11.3 Å². The first-order chi connectivity index (χ1) is 11.6. The van der Waals surface area contributed by atoms with Gasteiger partial charge in [-0.15, -0.1) is 0 Å². The number of morpholine rings is 1. The molecule has 0 unspecified atom stereocenters. The Morgan fingerprint density at radius 2 is 2.08 bits per heavy atom. The summed E-state index contributed by atoms with van der Waals surface area (Å²) in [5.74, 6) is 0.0662. The summed E-state index contributed by atoms with van der Waals surface area (Å²) in [7, 11) is 0. The van der Waals surface area contributed by atoms with Crippen LogP contribution in [0, 0.1) is 6.92 Å². The minimum absolute atomic E-state index is 0.00439. The van der Waals surface area contributed by atoms with E-state index in [4.69, 9.17) is 4.74 Å². The van der Waals surface area contributed by atoms with Gasteiger partial charge in [-0.25, -0.2) is 0 Å². The van der Waals surface area contributed by atoms with E-state index in [1.807, 2.05) is 54.5 Å². The fraction of sp³-hybridized carbons (Fsp3) is 0.444. The highest BCUT2D eigenvalue weighted by molar-refractivity contribution is 7.07. The third-order valence-electron chi connectivity index (χ3n) is 4.40. The van der Waals surface area contributed by atoms with Crippen LogP contribution in [0.1, 0.15) is 30.6 Å². The lowest BCUT2D eigenvalue weighted by Crippen LogP contribution is -2.47. The molecule has 2 heterocycles. The fourth-order valence-corrected chi connectivity index (χ4v) is 3.82. The predicted molar refractivity (Wildman–Crippen MR) is 94.2 cm³/mol. The minimum Gasteiger partial charge on any atom is -0.374 e. The van der Waals surface area contributed by atoms with Gasteiger partial charge in [-0.2, -0.15) is 0 Å². The van der Waals surface area contributed by atoms with Crippen LogP contribution < -0.4 is 4.87 Å². The van der Waals surface area contributed by atoms with Gasteiger partial charge in [0.25, 0.3) is 0 Å². The standard InChI is InChI=1S/C18H22N2O3S/c1-13-12-24-18(22)19(13)9-8-17(21)20-10-14(2)23-11-16(20)15-6-4-3-5-7-15/h3-7,12,14,16H,8-11H2,1-2H3/t14-,16-/m1/s1. The van der Waals surface area contributed by atoms with Crippen LogP contribution in [-0.4, -0.2) is 34.6 Å². The normalized spacial score (nSPS) is 21.0. The second-order valence-corrected chi connectivity index (χ2v) is 6.98. The van der Waals surface area contributed by atoms with Crippen molar-refractivity contribution in [1.82, 2.24) is 9.47 Å². The minimum atomic E-state index is -0.0600. The zero-order chi connectivity index (χ0) is 17.1. The number of ether oxygens (including phenoxy) is 1. The second kappa shape index (κ2) is 7.32. The van der Waals surface area contributed by atoms with Crippen LogP contribution >= 0.6 is 11.3 Å². The van der Waals surface area contributed by atoms with Crippen LogP contribution in [0.2, 0.25) is 0 Å². The van der Waals surface area contributed by atoms with Crippen molar-refractivity contribution in [3.8, 4) is 0 Å². The Hall–Kier alpha value is -1.92. The Kier molecular flexibility index (Phi) is 5.16. The van der Waals surface area contributed by atoms with Gasteiger partial charge in [0.1, 0.15) is 0 Å². The molecule has 0 saturated carbocycles. The maximum atomic E-state index is 12.8. The highest BCUT2D eigenvalue weighted by Crippen LogP contribution is 2.26. The summed E-state index contributed by atoms with van der Waals surface area (Å²) in [4.78, 5) is 26.5. The van der Waals surface area contributed by atoms with Gasteiger partial charge >= 0.3 is 4.87 Å². The maximum Gasteiger partial charge on any atom is 0.307 e. The van der Waals surface area contributed by atoms with Crippen molar-refractivity contribution in [3.05, 3.63) is 56.6 Å². The van der Waals surface area contributed by atoms with E-state index in [1.54, 1.807) is 4.57 Å². The summed E-state index contributed by atoms with van der Waals surface area (Å²) in [5, 5.41) is 1.83. The van der Waals surface area contributed by atoms with Gasteiger partial charge in [-0.1, -0.05) is 41.7 Å². The van der Waals surface area contributed by atoms with Crippen molar-refractivity contribution in [2.45, 2.75) is 39.0 Å². The summed E-state index contributed by atoms with van der Waals surface area (Å²) in [6.45, 7) is 5.39. The molecule has 0 spiro atoms. The van der Waals surface area contributed by atoms with Crippen LogP contribution in [0.25, 0.3) is 0 Å². The highest BCUT2D eigenvalue weighted by Gasteiger charge is 2.31. The lowest BCUT2D eigenvalue weighted by atomic mass is 10.0. The zero-order valence-electron chi connectivity index (χ0n) is 14.0. The Bertz CT molecular complexity index is 753. The molecule has 1 aliphatic heterocycles. The molecule has 3 rings (SSSR count). The number of amides is 1. The summed E-state index contributed by atoms with van der Waals surface area (Å²) in [6.07, 6.45) is 0.354. The topological polar surface area (TPSA) is 51.5 Å². The molecule has 0 aliphatic carbocycles. The number of rotatable bonds is 4. The number of carbonyl (C=O) groups is 1. The second-order valence-electron chi connectivity index (χ2n) is 6.16. The fourth-order valence-electron chi connectivity index (χ4n) is 3.05. The molecule has 2 aromatic rings. The van der Waals surface area contributed by atoms with Gasteiger partial charge in [0.15, 0.2) is 0 Å². The molecule has 1 fully saturated rings. The molecule has 1 aromatic carbocycles. The van der Waals surface area contributed by atoms with Gasteiger partial charge in [0.05, 0.1) is 18.8 Å². The number of hydrogen-bond donors (Lipinski definition) is 0. The molecular formula is C18H22N2O3S. The Morgan fingerprint density at radius 1 is 1.33 bits per heavy atom. The quantitative estimate of drug-likeness (QED) is 0.855. The molecule has 0 bridgehead atoms. The van der Waals surface area contributed by atoms with Crippen molar-refractivity contribution < 1.29 is 9.53 Å². The average Bonchev–Trinajstić information content (AvgIpc) is 2.91. The average molecular weight is 346 g/mol. The zero-order valence-corrected chi connectivity index (χ0v) is 14.8. The molecule has 6 heteroatoms. The van der Waals surface area contributed by atoms with Gasteiger partial charge < -0.3 is 14.2 Å². The molecule has 1 saturated heterocycles. The molecule has 1 aromatic heterocycles. The van der Waals surface area contributed by atoms with Crippen LogP contribution in [0.15, 0.2) is 40.5 Å². The number of nitrogens with zero attached hydrogens (tertiary/aromatic N) is 2. The number of benzene rings is 1. The molecule has 24 heavy (non-hydrogen) atoms. The van der Waals surface area contributed by atoms with Crippen LogP contribution in [0.3, 0.4) is 0 Å². The Labute approximate surface area is 145 Å². The molecule has 1 amide bonds. The third kappa shape index (κ3) is 3.60. The van der Waals surface area contributed by atoms with Crippen molar-refractivity contribution in [1.29, 1.82) is 0 Å².